The number of urea groups is 1. The largest absolute Gasteiger partial charge is 0.357 e. The van der Waals surface area contributed by atoms with Gasteiger partial charge in [-0.1, -0.05) is 12.8 Å². The van der Waals surface area contributed by atoms with Gasteiger partial charge in [-0.05, 0) is 26.2 Å². The monoisotopic (exact) mass is 350 g/mol. The van der Waals surface area contributed by atoms with E-state index in [2.05, 4.69) is 25.8 Å². The second-order valence-corrected chi connectivity index (χ2v) is 7.03. The summed E-state index contributed by atoms with van der Waals surface area (Å²) in [5, 5.41) is 9.29. The maximum atomic E-state index is 11.6. The van der Waals surface area contributed by atoms with Gasteiger partial charge in [0.1, 0.15) is 0 Å². The van der Waals surface area contributed by atoms with Crippen LogP contribution in [0.4, 0.5) is 4.79 Å². The molecule has 0 aromatic carbocycles. The molecule has 0 radical (unpaired) electrons. The molecule has 0 bridgehead atoms. The Bertz CT molecular complexity index is 501. The SMILES string of the molecule is CCNC(=NCCN1C(=O)CNC1=O)NC1CCN(C2CCCC2)C1. The average Bonchev–Trinajstić information content (AvgIpc) is 3.32. The number of imide groups is 1. The number of hydrogen-bond acceptors (Lipinski definition) is 4. The molecule has 3 N–H and O–H groups in total. The van der Waals surface area contributed by atoms with Crippen LogP contribution < -0.4 is 16.0 Å². The minimum atomic E-state index is -0.318. The number of hydrogen-bond donors (Lipinski definition) is 3. The van der Waals surface area contributed by atoms with E-state index in [1.54, 1.807) is 0 Å². The standard InChI is InChI=1S/C17H30N6O2/c1-2-18-16(19-8-10-23-15(24)11-20-17(23)25)21-13-7-9-22(12-13)14-5-3-4-6-14/h13-14H,2-12H2,1H3,(H,20,25)(H2,18,19,21). The van der Waals surface area contributed by atoms with Gasteiger partial charge in [-0.25, -0.2) is 4.79 Å². The molecular formula is C17H30N6O2. The average molecular weight is 350 g/mol. The van der Waals surface area contributed by atoms with Crippen LogP contribution in [0.25, 0.3) is 0 Å². The van der Waals surface area contributed by atoms with Crippen molar-refractivity contribution in [1.82, 2.24) is 25.8 Å². The van der Waals surface area contributed by atoms with E-state index in [4.69, 9.17) is 0 Å². The highest BCUT2D eigenvalue weighted by molar-refractivity contribution is 6.01. The van der Waals surface area contributed by atoms with Crippen LogP contribution in [0.15, 0.2) is 4.99 Å². The maximum Gasteiger partial charge on any atom is 0.324 e. The Morgan fingerprint density at radius 2 is 2.08 bits per heavy atom. The summed E-state index contributed by atoms with van der Waals surface area (Å²) in [5.41, 5.74) is 0. The van der Waals surface area contributed by atoms with E-state index in [1.807, 2.05) is 6.92 Å². The first-order chi connectivity index (χ1) is 12.2. The molecule has 140 valence electrons. The molecule has 1 atom stereocenters. The number of amides is 3. The van der Waals surface area contributed by atoms with Gasteiger partial charge in [0.2, 0.25) is 5.91 Å². The molecule has 1 aliphatic carbocycles. The Morgan fingerprint density at radius 3 is 2.76 bits per heavy atom. The molecule has 2 saturated heterocycles. The van der Waals surface area contributed by atoms with Crippen molar-refractivity contribution in [3.63, 3.8) is 0 Å². The summed E-state index contributed by atoms with van der Waals surface area (Å²) < 4.78 is 0. The van der Waals surface area contributed by atoms with Crippen LogP contribution in [0.2, 0.25) is 0 Å². The fraction of sp³-hybridized carbons (Fsp3) is 0.824. The molecular weight excluding hydrogens is 320 g/mol. The topological polar surface area (TPSA) is 89.1 Å². The summed E-state index contributed by atoms with van der Waals surface area (Å²) >= 11 is 0. The Labute approximate surface area is 149 Å². The second-order valence-electron chi connectivity index (χ2n) is 7.03. The second kappa shape index (κ2) is 8.51. The van der Waals surface area contributed by atoms with Crippen LogP contribution in [-0.4, -0.2) is 79.0 Å². The third kappa shape index (κ3) is 4.62. The van der Waals surface area contributed by atoms with E-state index < -0.39 is 0 Å². The van der Waals surface area contributed by atoms with Crippen molar-refractivity contribution in [2.45, 2.75) is 51.1 Å². The molecule has 1 saturated carbocycles. The number of carbonyl (C=O) groups is 2. The lowest BCUT2D eigenvalue weighted by Crippen LogP contribution is -2.45. The third-order valence-corrected chi connectivity index (χ3v) is 5.28. The van der Waals surface area contributed by atoms with E-state index >= 15 is 0 Å². The maximum absolute atomic E-state index is 11.6. The molecule has 2 heterocycles. The number of carbonyl (C=O) groups excluding carboxylic acids is 2. The van der Waals surface area contributed by atoms with Crippen LogP contribution in [0, 0.1) is 0 Å². The third-order valence-electron chi connectivity index (χ3n) is 5.28. The number of nitrogens with one attached hydrogen (secondary N) is 3. The zero-order chi connectivity index (χ0) is 17.6. The summed E-state index contributed by atoms with van der Waals surface area (Å²) in [5.74, 6) is 0.592. The van der Waals surface area contributed by atoms with Crippen LogP contribution in [0.3, 0.4) is 0 Å². The van der Waals surface area contributed by atoms with Gasteiger partial charge < -0.3 is 16.0 Å². The Morgan fingerprint density at radius 1 is 1.28 bits per heavy atom. The number of nitrogens with zero attached hydrogens (tertiary/aromatic N) is 3. The predicted octanol–water partition coefficient (Wildman–Crippen LogP) is 0.110. The van der Waals surface area contributed by atoms with E-state index in [0.29, 0.717) is 19.1 Å². The molecule has 3 fully saturated rings. The smallest absolute Gasteiger partial charge is 0.324 e. The zero-order valence-corrected chi connectivity index (χ0v) is 15.1. The predicted molar refractivity (Wildman–Crippen MR) is 96.5 cm³/mol. The lowest BCUT2D eigenvalue weighted by molar-refractivity contribution is -0.124. The van der Waals surface area contributed by atoms with E-state index in [-0.39, 0.29) is 18.5 Å². The van der Waals surface area contributed by atoms with Crippen molar-refractivity contribution in [1.29, 1.82) is 0 Å². The zero-order valence-electron chi connectivity index (χ0n) is 15.1. The number of aliphatic imine (C=N–C) groups is 1. The number of likely N-dealkylation sites (tertiary alicyclic amines) is 1. The van der Waals surface area contributed by atoms with E-state index in [9.17, 15) is 9.59 Å². The highest BCUT2D eigenvalue weighted by Crippen LogP contribution is 2.26. The quantitative estimate of drug-likeness (QED) is 0.359. The fourth-order valence-electron chi connectivity index (χ4n) is 3.96. The molecule has 0 aromatic heterocycles. The molecule has 8 nitrogen and oxygen atoms in total. The Balaban J connectivity index is 1.47. The molecule has 8 heteroatoms. The first kappa shape index (κ1) is 18.0. The molecule has 1 unspecified atom stereocenters. The summed E-state index contributed by atoms with van der Waals surface area (Å²) in [4.78, 5) is 31.5. The van der Waals surface area contributed by atoms with E-state index in [1.165, 1.54) is 30.6 Å². The minimum Gasteiger partial charge on any atom is -0.357 e. The van der Waals surface area contributed by atoms with Crippen molar-refractivity contribution in [3.8, 4) is 0 Å². The Kier molecular flexibility index (Phi) is 6.12. The summed E-state index contributed by atoms with van der Waals surface area (Å²) in [6.45, 7) is 5.88. The van der Waals surface area contributed by atoms with Gasteiger partial charge in [0.05, 0.1) is 19.6 Å². The van der Waals surface area contributed by atoms with Gasteiger partial charge in [0.15, 0.2) is 5.96 Å². The van der Waals surface area contributed by atoms with Crippen molar-refractivity contribution >= 4 is 17.9 Å². The first-order valence-corrected chi connectivity index (χ1v) is 9.54. The van der Waals surface area contributed by atoms with Crippen molar-refractivity contribution in [3.05, 3.63) is 0 Å². The fourth-order valence-corrected chi connectivity index (χ4v) is 3.96. The highest BCUT2D eigenvalue weighted by atomic mass is 16.2. The first-order valence-electron chi connectivity index (χ1n) is 9.54. The normalized spacial score (nSPS) is 25.7. The lowest BCUT2D eigenvalue weighted by Gasteiger charge is -2.24. The van der Waals surface area contributed by atoms with Crippen LogP contribution in [0.5, 0.6) is 0 Å². The highest BCUT2D eigenvalue weighted by Gasteiger charge is 2.30. The molecule has 25 heavy (non-hydrogen) atoms. The van der Waals surface area contributed by atoms with Gasteiger partial charge in [-0.2, -0.15) is 0 Å². The lowest BCUT2D eigenvalue weighted by atomic mass is 10.2. The van der Waals surface area contributed by atoms with Crippen molar-refractivity contribution in [2.75, 3.05) is 39.3 Å². The van der Waals surface area contributed by atoms with Crippen LogP contribution >= 0.6 is 0 Å². The number of guanidine groups is 1. The minimum absolute atomic E-state index is 0.0972. The van der Waals surface area contributed by atoms with Gasteiger partial charge in [-0.3, -0.25) is 19.6 Å². The molecule has 0 spiro atoms. The van der Waals surface area contributed by atoms with Gasteiger partial charge in [0.25, 0.3) is 0 Å². The molecule has 3 rings (SSSR count). The molecule has 3 aliphatic rings. The van der Waals surface area contributed by atoms with Gasteiger partial charge in [0, 0.05) is 31.7 Å². The molecule has 0 aromatic rings. The van der Waals surface area contributed by atoms with Gasteiger partial charge in [-0.15, -0.1) is 0 Å². The molecule has 3 amide bonds. The van der Waals surface area contributed by atoms with Crippen LogP contribution in [0.1, 0.15) is 39.0 Å². The number of rotatable bonds is 6. The molecule has 2 aliphatic heterocycles. The van der Waals surface area contributed by atoms with Crippen molar-refractivity contribution < 1.29 is 9.59 Å². The van der Waals surface area contributed by atoms with Crippen LogP contribution in [-0.2, 0) is 4.79 Å². The Hall–Kier alpha value is -1.83. The summed E-state index contributed by atoms with van der Waals surface area (Å²) in [6.07, 6.45) is 6.55. The summed E-state index contributed by atoms with van der Waals surface area (Å²) in [7, 11) is 0. The van der Waals surface area contributed by atoms with E-state index in [0.717, 1.165) is 38.1 Å². The van der Waals surface area contributed by atoms with Gasteiger partial charge >= 0.3 is 6.03 Å². The van der Waals surface area contributed by atoms with Crippen molar-refractivity contribution in [2.24, 2.45) is 4.99 Å². The summed E-state index contributed by atoms with van der Waals surface area (Å²) in [6, 6.07) is 0.863.